The maximum absolute atomic E-state index is 12.1. The van der Waals surface area contributed by atoms with E-state index in [4.69, 9.17) is 11.6 Å². The normalized spacial score (nSPS) is 12.2. The minimum Gasteiger partial charge on any atom is -0.345 e. The van der Waals surface area contributed by atoms with Gasteiger partial charge >= 0.3 is 0 Å². The van der Waals surface area contributed by atoms with E-state index in [1.807, 2.05) is 24.4 Å². The third-order valence-electron chi connectivity index (χ3n) is 2.37. The molecule has 18 heavy (non-hydrogen) atoms. The summed E-state index contributed by atoms with van der Waals surface area (Å²) in [6.07, 6.45) is 1.56. The van der Waals surface area contributed by atoms with Gasteiger partial charge in [0.05, 0.1) is 11.6 Å². The highest BCUT2D eigenvalue weighted by molar-refractivity contribution is 9.10. The Hall–Kier alpha value is -0.910. The largest absolute Gasteiger partial charge is 0.345 e. The number of hydrogen-bond acceptors (Lipinski definition) is 3. The quantitative estimate of drug-likeness (QED) is 0.853. The van der Waals surface area contributed by atoms with E-state index in [2.05, 4.69) is 26.2 Å². The molecule has 0 saturated heterocycles. The second-order valence-electron chi connectivity index (χ2n) is 3.70. The Balaban J connectivity index is 2.15. The summed E-state index contributed by atoms with van der Waals surface area (Å²) in [5.74, 6) is -0.227. The Morgan fingerprint density at radius 1 is 1.61 bits per heavy atom. The van der Waals surface area contributed by atoms with Crippen molar-refractivity contribution in [2.45, 2.75) is 13.0 Å². The molecule has 0 aliphatic heterocycles. The molecule has 0 saturated carbocycles. The maximum atomic E-state index is 12.1. The minimum atomic E-state index is -0.227. The van der Waals surface area contributed by atoms with Crippen molar-refractivity contribution in [2.24, 2.45) is 0 Å². The van der Waals surface area contributed by atoms with Crippen molar-refractivity contribution < 1.29 is 4.79 Å². The molecule has 1 atom stereocenters. The van der Waals surface area contributed by atoms with E-state index >= 15 is 0 Å². The molecule has 6 heteroatoms. The first-order valence-electron chi connectivity index (χ1n) is 5.23. The summed E-state index contributed by atoms with van der Waals surface area (Å²) >= 11 is 10.8. The molecule has 0 aliphatic rings. The van der Waals surface area contributed by atoms with Crippen LogP contribution in [0.4, 0.5) is 0 Å². The van der Waals surface area contributed by atoms with Gasteiger partial charge in [0.25, 0.3) is 5.91 Å². The number of pyridine rings is 1. The average molecular weight is 346 g/mol. The van der Waals surface area contributed by atoms with E-state index in [1.54, 1.807) is 23.6 Å². The van der Waals surface area contributed by atoms with Crippen molar-refractivity contribution in [2.75, 3.05) is 0 Å². The van der Waals surface area contributed by atoms with Crippen LogP contribution in [-0.2, 0) is 0 Å². The summed E-state index contributed by atoms with van der Waals surface area (Å²) < 4.78 is 0.723. The van der Waals surface area contributed by atoms with Gasteiger partial charge in [0.1, 0.15) is 5.15 Å². The topological polar surface area (TPSA) is 42.0 Å². The molecule has 0 aromatic carbocycles. The summed E-state index contributed by atoms with van der Waals surface area (Å²) in [6, 6.07) is 5.55. The predicted molar refractivity (Wildman–Crippen MR) is 77.1 cm³/mol. The van der Waals surface area contributed by atoms with Crippen LogP contribution in [0.3, 0.4) is 0 Å². The molecule has 1 unspecified atom stereocenters. The number of hydrogen-bond donors (Lipinski definition) is 1. The first-order valence-corrected chi connectivity index (χ1v) is 7.28. The van der Waals surface area contributed by atoms with Crippen molar-refractivity contribution in [3.8, 4) is 0 Å². The number of nitrogens with one attached hydrogen (secondary N) is 1. The summed E-state index contributed by atoms with van der Waals surface area (Å²) in [7, 11) is 0. The Bertz CT molecular complexity index is 559. The monoisotopic (exact) mass is 344 g/mol. The third kappa shape index (κ3) is 3.10. The number of carbonyl (C=O) groups is 1. The van der Waals surface area contributed by atoms with E-state index in [-0.39, 0.29) is 17.1 Å². The fraction of sp³-hybridized carbons (Fsp3) is 0.167. The Kier molecular flexibility index (Phi) is 4.37. The van der Waals surface area contributed by atoms with Gasteiger partial charge in [-0.15, -0.1) is 11.3 Å². The molecule has 0 bridgehead atoms. The van der Waals surface area contributed by atoms with Gasteiger partial charge in [-0.3, -0.25) is 4.79 Å². The van der Waals surface area contributed by atoms with Crippen LogP contribution in [0, 0.1) is 0 Å². The number of rotatable bonds is 3. The molecule has 2 heterocycles. The number of thiophene rings is 1. The molecule has 3 nitrogen and oxygen atoms in total. The van der Waals surface area contributed by atoms with Gasteiger partial charge in [-0.1, -0.05) is 17.7 Å². The lowest BCUT2D eigenvalue weighted by atomic mass is 10.2. The smallest absolute Gasteiger partial charge is 0.254 e. The molecule has 0 radical (unpaired) electrons. The van der Waals surface area contributed by atoms with Crippen molar-refractivity contribution in [1.82, 2.24) is 10.3 Å². The Morgan fingerprint density at radius 3 is 3.06 bits per heavy atom. The van der Waals surface area contributed by atoms with Gasteiger partial charge in [0.2, 0.25) is 0 Å². The lowest BCUT2D eigenvalue weighted by molar-refractivity contribution is 0.0940. The van der Waals surface area contributed by atoms with Gasteiger partial charge in [-0.2, -0.15) is 0 Å². The van der Waals surface area contributed by atoms with Crippen molar-refractivity contribution in [3.05, 3.63) is 49.8 Å². The van der Waals surface area contributed by atoms with Crippen LogP contribution in [0.15, 0.2) is 34.2 Å². The fourth-order valence-corrected chi connectivity index (χ4v) is 2.72. The zero-order chi connectivity index (χ0) is 13.1. The number of nitrogens with zero attached hydrogens (tertiary/aromatic N) is 1. The number of halogens is 2. The standard InChI is InChI=1S/C12H10BrClN2OS/c1-7(10-3-2-4-18-10)16-12(17)9-5-8(13)6-15-11(9)14/h2-7H,1H3,(H,16,17). The zero-order valence-corrected chi connectivity index (χ0v) is 12.6. The molecule has 0 spiro atoms. The lowest BCUT2D eigenvalue weighted by Crippen LogP contribution is -2.26. The van der Waals surface area contributed by atoms with Gasteiger partial charge in [-0.25, -0.2) is 4.98 Å². The van der Waals surface area contributed by atoms with Crippen LogP contribution in [0.5, 0.6) is 0 Å². The van der Waals surface area contributed by atoms with Gasteiger partial charge in [-0.05, 0) is 40.4 Å². The van der Waals surface area contributed by atoms with Gasteiger partial charge in [0, 0.05) is 15.5 Å². The highest BCUT2D eigenvalue weighted by atomic mass is 79.9. The van der Waals surface area contributed by atoms with Crippen molar-refractivity contribution in [1.29, 1.82) is 0 Å². The van der Waals surface area contributed by atoms with E-state index in [0.717, 1.165) is 9.35 Å². The van der Waals surface area contributed by atoms with Crippen LogP contribution >= 0.6 is 38.9 Å². The van der Waals surface area contributed by atoms with E-state index < -0.39 is 0 Å². The van der Waals surface area contributed by atoms with Crippen molar-refractivity contribution >= 4 is 44.8 Å². The van der Waals surface area contributed by atoms with Crippen LogP contribution in [0.1, 0.15) is 28.2 Å². The first kappa shape index (κ1) is 13.5. The zero-order valence-electron chi connectivity index (χ0n) is 9.48. The Morgan fingerprint density at radius 2 is 2.39 bits per heavy atom. The molecule has 2 aromatic rings. The molecular weight excluding hydrogens is 336 g/mol. The van der Waals surface area contributed by atoms with Gasteiger partial charge in [0.15, 0.2) is 0 Å². The number of aromatic nitrogens is 1. The average Bonchev–Trinajstić information content (AvgIpc) is 2.85. The predicted octanol–water partition coefficient (Wildman–Crippen LogP) is 4.05. The number of carbonyl (C=O) groups excluding carboxylic acids is 1. The summed E-state index contributed by atoms with van der Waals surface area (Å²) in [6.45, 7) is 1.93. The van der Waals surface area contributed by atoms with Crippen LogP contribution in [-0.4, -0.2) is 10.9 Å². The lowest BCUT2D eigenvalue weighted by Gasteiger charge is -2.12. The van der Waals surface area contributed by atoms with Gasteiger partial charge < -0.3 is 5.32 Å². The molecule has 0 fully saturated rings. The molecule has 1 amide bonds. The van der Waals surface area contributed by atoms with Crippen LogP contribution in [0.25, 0.3) is 0 Å². The molecule has 0 aliphatic carbocycles. The second kappa shape index (κ2) is 5.82. The molecule has 1 N–H and O–H groups in total. The first-order chi connectivity index (χ1) is 8.58. The van der Waals surface area contributed by atoms with E-state index in [0.29, 0.717) is 5.56 Å². The fourth-order valence-electron chi connectivity index (χ4n) is 1.46. The number of amides is 1. The van der Waals surface area contributed by atoms with Crippen LogP contribution in [0.2, 0.25) is 5.15 Å². The minimum absolute atomic E-state index is 0.0486. The van der Waals surface area contributed by atoms with E-state index in [9.17, 15) is 4.79 Å². The summed E-state index contributed by atoms with van der Waals surface area (Å²) in [5.41, 5.74) is 0.370. The molecule has 94 valence electrons. The van der Waals surface area contributed by atoms with Crippen LogP contribution < -0.4 is 5.32 Å². The molecule has 2 rings (SSSR count). The molecule has 2 aromatic heterocycles. The summed E-state index contributed by atoms with van der Waals surface area (Å²) in [4.78, 5) is 17.1. The second-order valence-corrected chi connectivity index (χ2v) is 5.96. The Labute approximate surface area is 122 Å². The van der Waals surface area contributed by atoms with E-state index in [1.165, 1.54) is 0 Å². The summed E-state index contributed by atoms with van der Waals surface area (Å²) in [5, 5.41) is 5.07. The molecular formula is C12H10BrClN2OS. The highest BCUT2D eigenvalue weighted by Gasteiger charge is 2.15. The third-order valence-corrected chi connectivity index (χ3v) is 4.16. The SMILES string of the molecule is CC(NC(=O)c1cc(Br)cnc1Cl)c1cccs1. The highest BCUT2D eigenvalue weighted by Crippen LogP contribution is 2.21. The maximum Gasteiger partial charge on any atom is 0.254 e. The van der Waals surface area contributed by atoms with Crippen molar-refractivity contribution in [3.63, 3.8) is 0 Å².